The Hall–Kier alpha value is -2.44. The van der Waals surface area contributed by atoms with E-state index in [0.717, 1.165) is 19.3 Å². The smallest absolute Gasteiger partial charge is 1.00 e. The van der Waals surface area contributed by atoms with Crippen LogP contribution < -0.4 is 24.8 Å². The minimum absolute atomic E-state index is 0. The van der Waals surface area contributed by atoms with Crippen molar-refractivity contribution in [3.05, 3.63) is 145 Å². The summed E-state index contributed by atoms with van der Waals surface area (Å²) in [6.07, 6.45) is 2.94. The second-order valence-electron chi connectivity index (χ2n) is 14.1. The van der Waals surface area contributed by atoms with Crippen molar-refractivity contribution in [1.29, 1.82) is 0 Å². The van der Waals surface area contributed by atoms with Gasteiger partial charge in [-0.1, -0.05) is 127 Å². The molecule has 0 N–H and O–H groups in total. The van der Waals surface area contributed by atoms with E-state index in [0.29, 0.717) is 0 Å². The molecule has 0 saturated heterocycles. The van der Waals surface area contributed by atoms with Crippen LogP contribution in [0.15, 0.2) is 109 Å². The maximum Gasteiger partial charge on any atom is 2.00 e. The fourth-order valence-corrected chi connectivity index (χ4v) is 5.80. The van der Waals surface area contributed by atoms with Crippen molar-refractivity contribution < 1.29 is 51.0 Å². The molecule has 0 saturated carbocycles. The number of fused-ring (bicyclic) bond motifs is 2. The van der Waals surface area contributed by atoms with Gasteiger partial charge in [0.15, 0.2) is 0 Å². The predicted molar refractivity (Wildman–Crippen MR) is 201 cm³/mol. The molecule has 0 fully saturated rings. The van der Waals surface area contributed by atoms with E-state index in [9.17, 15) is 0 Å². The van der Waals surface area contributed by atoms with Crippen molar-refractivity contribution in [2.24, 2.45) is 0 Å². The maximum absolute atomic E-state index is 3.38. The Balaban J connectivity index is 0.000000420. The molecule has 254 valence electrons. The van der Waals surface area contributed by atoms with Crippen LogP contribution in [0.1, 0.15) is 84.1 Å². The van der Waals surface area contributed by atoms with Crippen LogP contribution in [0.2, 0.25) is 0 Å². The van der Waals surface area contributed by atoms with Crippen molar-refractivity contribution in [2.75, 3.05) is 0 Å². The standard InChI is InChI=1S/2C21H23.C3H6.2ClH.Zr/c2*1-5-15-13-17-7-6-8-19(20(17)14-15)16-9-11-18(12-10-16)21(2,3)4;1-3-2;;;/h2*6-14H,5H2,1-4H3;1-3H2;2*1H;/q2*-1;-2;;;+2/p-2. The Kier molecular flexibility index (Phi) is 17.3. The normalized spacial score (nSPS) is 10.9. The molecule has 0 unspecified atom stereocenters. The number of rotatable bonds is 4. The molecule has 0 heterocycles. The number of benzene rings is 4. The van der Waals surface area contributed by atoms with Gasteiger partial charge in [0.05, 0.1) is 0 Å². The molecule has 48 heavy (non-hydrogen) atoms. The van der Waals surface area contributed by atoms with Gasteiger partial charge in [-0.05, 0) is 45.9 Å². The number of hydrogen-bond donors (Lipinski definition) is 0. The van der Waals surface area contributed by atoms with Crippen molar-refractivity contribution in [1.82, 2.24) is 0 Å². The third kappa shape index (κ3) is 10.8. The molecule has 0 radical (unpaired) electrons. The third-order valence-corrected chi connectivity index (χ3v) is 8.56. The van der Waals surface area contributed by atoms with Crippen molar-refractivity contribution >= 4 is 21.5 Å². The molecule has 0 spiro atoms. The van der Waals surface area contributed by atoms with Crippen molar-refractivity contribution in [3.63, 3.8) is 0 Å². The molecular weight excluding hydrogens is 703 g/mol. The van der Waals surface area contributed by atoms with Gasteiger partial charge in [0.2, 0.25) is 0 Å². The molecule has 6 rings (SSSR count). The van der Waals surface area contributed by atoms with Crippen LogP contribution in [0, 0.1) is 13.8 Å². The first kappa shape index (κ1) is 43.6. The van der Waals surface area contributed by atoms with Crippen LogP contribution in [-0.4, -0.2) is 0 Å². The zero-order chi connectivity index (χ0) is 32.8. The fourth-order valence-electron chi connectivity index (χ4n) is 5.80. The van der Waals surface area contributed by atoms with Crippen molar-refractivity contribution in [3.8, 4) is 22.3 Å². The minimum atomic E-state index is 0. The summed E-state index contributed by atoms with van der Waals surface area (Å²) in [5.41, 5.74) is 11.3. The summed E-state index contributed by atoms with van der Waals surface area (Å²) in [4.78, 5) is 0. The second kappa shape index (κ2) is 19.1. The van der Waals surface area contributed by atoms with Crippen LogP contribution in [0.5, 0.6) is 0 Å². The monoisotopic (exact) mass is 752 g/mol. The van der Waals surface area contributed by atoms with E-state index in [2.05, 4.69) is 178 Å². The van der Waals surface area contributed by atoms with Crippen LogP contribution in [-0.2, 0) is 49.9 Å². The summed E-state index contributed by atoms with van der Waals surface area (Å²) in [5.74, 6) is 0. The molecule has 0 aliphatic heterocycles. The van der Waals surface area contributed by atoms with E-state index in [1.54, 1.807) is 0 Å². The Bertz CT molecular complexity index is 1670. The summed E-state index contributed by atoms with van der Waals surface area (Å²) in [6, 6.07) is 40.6. The number of hydrogen-bond acceptors (Lipinski definition) is 0. The van der Waals surface area contributed by atoms with Crippen LogP contribution >= 0.6 is 0 Å². The summed E-state index contributed by atoms with van der Waals surface area (Å²) in [5, 5.41) is 5.45. The van der Waals surface area contributed by atoms with Gasteiger partial charge in [0, 0.05) is 0 Å². The SMILES string of the molecule is CCc1cc2c(-c3ccc(C(C)(C)C)cc3)cccc2[cH-]1.CCc1cc2c(-c3ccc(C(C)(C)C)cc3)cccc2[cH-]1.[CH2-]C[CH2-].[Cl-].[Cl-].[Zr+2]. The first-order valence-corrected chi connectivity index (χ1v) is 16.6. The van der Waals surface area contributed by atoms with Gasteiger partial charge < -0.3 is 45.1 Å². The zero-order valence-electron chi connectivity index (χ0n) is 30.2. The molecule has 0 amide bonds. The Morgan fingerprint density at radius 1 is 0.521 bits per heavy atom. The summed E-state index contributed by atoms with van der Waals surface area (Å²) in [6.45, 7) is 24.7. The van der Waals surface area contributed by atoms with Gasteiger partial charge in [0.1, 0.15) is 0 Å². The van der Waals surface area contributed by atoms with E-state index >= 15 is 0 Å². The predicted octanol–water partition coefficient (Wildman–Crippen LogP) is 7.22. The van der Waals surface area contributed by atoms with Gasteiger partial charge in [-0.3, -0.25) is 0 Å². The topological polar surface area (TPSA) is 0 Å². The molecule has 0 bridgehead atoms. The first-order chi connectivity index (χ1) is 21.4. The van der Waals surface area contributed by atoms with E-state index < -0.39 is 0 Å². The van der Waals surface area contributed by atoms with E-state index in [1.807, 2.05) is 0 Å². The van der Waals surface area contributed by atoms with Gasteiger partial charge in [0.25, 0.3) is 0 Å². The van der Waals surface area contributed by atoms with Crippen LogP contribution in [0.25, 0.3) is 43.8 Å². The average Bonchev–Trinajstić information content (AvgIpc) is 3.65. The molecule has 0 aliphatic carbocycles. The zero-order valence-corrected chi connectivity index (χ0v) is 34.2. The van der Waals surface area contributed by atoms with Gasteiger partial charge in [-0.15, -0.1) is 69.1 Å². The van der Waals surface area contributed by atoms with Crippen LogP contribution in [0.3, 0.4) is 0 Å². The third-order valence-electron chi connectivity index (χ3n) is 8.56. The van der Waals surface area contributed by atoms with E-state index in [1.165, 1.54) is 66.1 Å². The van der Waals surface area contributed by atoms with Gasteiger partial charge in [-0.2, -0.15) is 12.1 Å². The number of aryl methyl sites for hydroxylation is 2. The Labute approximate surface area is 323 Å². The minimum Gasteiger partial charge on any atom is -1.00 e. The molecule has 6 aromatic rings. The number of halogens is 2. The van der Waals surface area contributed by atoms with Gasteiger partial charge >= 0.3 is 26.2 Å². The molecule has 0 aliphatic rings. The Morgan fingerprint density at radius 3 is 1.10 bits per heavy atom. The Morgan fingerprint density at radius 2 is 0.833 bits per heavy atom. The molecular formula is C45H52Cl2Zr-4. The maximum atomic E-state index is 3.38. The second-order valence-corrected chi connectivity index (χ2v) is 14.1. The quantitative estimate of drug-likeness (QED) is 0.167. The molecule has 0 aromatic heterocycles. The van der Waals surface area contributed by atoms with E-state index in [4.69, 9.17) is 0 Å². The molecule has 0 atom stereocenters. The summed E-state index contributed by atoms with van der Waals surface area (Å²) in [7, 11) is 0. The molecule has 3 heteroatoms. The fraction of sp³-hybridized carbons (Fsp3) is 0.289. The summed E-state index contributed by atoms with van der Waals surface area (Å²) >= 11 is 0. The molecule has 0 nitrogen and oxygen atoms in total. The van der Waals surface area contributed by atoms with Crippen LogP contribution in [0.4, 0.5) is 0 Å². The van der Waals surface area contributed by atoms with Crippen molar-refractivity contribution in [2.45, 2.75) is 85.5 Å². The average molecular weight is 755 g/mol. The largest absolute Gasteiger partial charge is 2.00 e. The van der Waals surface area contributed by atoms with E-state index in [-0.39, 0.29) is 61.8 Å². The van der Waals surface area contributed by atoms with Gasteiger partial charge in [-0.25, -0.2) is 0 Å². The molecule has 6 aromatic carbocycles. The summed E-state index contributed by atoms with van der Waals surface area (Å²) < 4.78 is 0. The first-order valence-electron chi connectivity index (χ1n) is 16.6.